The highest BCUT2D eigenvalue weighted by Crippen LogP contribution is 2.40. The normalized spacial score (nSPS) is 21.3. The summed E-state index contributed by atoms with van der Waals surface area (Å²) in [6, 6.07) is 16.6. The van der Waals surface area contributed by atoms with Crippen molar-refractivity contribution >= 4 is 17.4 Å². The molecular formula is C38H48N4O5. The Bertz CT molecular complexity index is 1770. The molecule has 2 aromatic carbocycles. The predicted octanol–water partition coefficient (Wildman–Crippen LogP) is 7.95. The molecule has 6 bridgehead atoms. The van der Waals surface area contributed by atoms with E-state index in [9.17, 15) is 9.90 Å². The Balaban J connectivity index is 1.54. The second-order valence-corrected chi connectivity index (χ2v) is 14.4. The van der Waals surface area contributed by atoms with E-state index >= 15 is 0 Å². The summed E-state index contributed by atoms with van der Waals surface area (Å²) in [6.45, 7) is 16.0. The number of nitrogens with zero attached hydrogens (tertiary/aromatic N) is 4. The molecule has 0 radical (unpaired) electrons. The quantitative estimate of drug-likeness (QED) is 0.241. The Labute approximate surface area is 277 Å². The number of rotatable bonds is 3. The van der Waals surface area contributed by atoms with Crippen molar-refractivity contribution in [1.82, 2.24) is 14.6 Å². The van der Waals surface area contributed by atoms with Crippen LogP contribution < -0.4 is 9.64 Å². The van der Waals surface area contributed by atoms with Crippen LogP contribution >= 0.6 is 0 Å². The number of ether oxygens (including phenoxy) is 3. The summed E-state index contributed by atoms with van der Waals surface area (Å²) in [5, 5.41) is 15.6. The monoisotopic (exact) mass is 640 g/mol. The highest BCUT2D eigenvalue weighted by Gasteiger charge is 2.38. The van der Waals surface area contributed by atoms with Crippen LogP contribution in [0.15, 0.2) is 48.5 Å². The molecule has 0 amide bonds. The average Bonchev–Trinajstić information content (AvgIpc) is 3.43. The second-order valence-electron chi connectivity index (χ2n) is 14.4. The molecule has 4 aromatic rings. The van der Waals surface area contributed by atoms with Crippen LogP contribution in [0, 0.1) is 13.8 Å². The highest BCUT2D eigenvalue weighted by atomic mass is 16.5. The predicted molar refractivity (Wildman–Crippen MR) is 184 cm³/mol. The molecule has 1 saturated heterocycles. The van der Waals surface area contributed by atoms with E-state index in [1.54, 1.807) is 0 Å². The zero-order valence-corrected chi connectivity index (χ0v) is 28.8. The Morgan fingerprint density at radius 3 is 2.51 bits per heavy atom. The van der Waals surface area contributed by atoms with E-state index in [0.717, 1.165) is 65.8 Å². The molecule has 0 aliphatic carbocycles. The van der Waals surface area contributed by atoms with Gasteiger partial charge in [-0.1, -0.05) is 30.3 Å². The van der Waals surface area contributed by atoms with Gasteiger partial charge >= 0.3 is 5.97 Å². The maximum atomic E-state index is 12.8. The number of fused-ring (bicyclic) bond motifs is 8. The van der Waals surface area contributed by atoms with E-state index in [4.69, 9.17) is 24.3 Å². The standard InChI is InChI=1S/C38H48N4O5/c1-24-12-10-16-30-32(24)28-15-11-14-27(22-28)29-23-31-39-26(3)33(34(36(43)44)47-37(4,5)6)35(42(31)40-29)41-19-17-38(7,18-20-41)45-21-9-8-13-25(2)46-30/h10-12,14-16,22-23,25,34H,8-9,13,17-21H2,1-7H3,(H,43,44)/t25-,34+/m1/s1. The molecule has 1 fully saturated rings. The van der Waals surface area contributed by atoms with Crippen molar-refractivity contribution in [2.75, 3.05) is 24.6 Å². The smallest absolute Gasteiger partial charge is 0.337 e. The van der Waals surface area contributed by atoms with E-state index in [1.165, 1.54) is 0 Å². The van der Waals surface area contributed by atoms with Crippen LogP contribution in [0.5, 0.6) is 5.75 Å². The maximum absolute atomic E-state index is 12.8. The van der Waals surface area contributed by atoms with E-state index in [2.05, 4.69) is 62.1 Å². The second kappa shape index (κ2) is 12.9. The Kier molecular flexibility index (Phi) is 9.06. The molecule has 0 unspecified atom stereocenters. The first-order chi connectivity index (χ1) is 22.3. The van der Waals surface area contributed by atoms with Crippen molar-refractivity contribution in [1.29, 1.82) is 0 Å². The van der Waals surface area contributed by atoms with E-state index in [-0.39, 0.29) is 11.7 Å². The largest absolute Gasteiger partial charge is 0.490 e. The maximum Gasteiger partial charge on any atom is 0.337 e. The molecule has 9 heteroatoms. The molecule has 7 rings (SSSR count). The lowest BCUT2D eigenvalue weighted by Gasteiger charge is -2.41. The molecule has 2 aromatic heterocycles. The molecule has 0 spiro atoms. The Morgan fingerprint density at radius 1 is 1.06 bits per heavy atom. The van der Waals surface area contributed by atoms with E-state index in [0.29, 0.717) is 42.4 Å². The van der Waals surface area contributed by atoms with Gasteiger partial charge in [0, 0.05) is 42.6 Å². The molecular weight excluding hydrogens is 592 g/mol. The fraction of sp³-hybridized carbons (Fsp3) is 0.500. The molecule has 5 heterocycles. The first-order valence-corrected chi connectivity index (χ1v) is 16.9. The lowest BCUT2D eigenvalue weighted by atomic mass is 9.92. The van der Waals surface area contributed by atoms with Gasteiger partial charge in [0.05, 0.1) is 28.6 Å². The van der Waals surface area contributed by atoms with Gasteiger partial charge in [0.25, 0.3) is 0 Å². The van der Waals surface area contributed by atoms with Gasteiger partial charge in [-0.05, 0) is 104 Å². The van der Waals surface area contributed by atoms with Crippen molar-refractivity contribution in [2.24, 2.45) is 0 Å². The van der Waals surface area contributed by atoms with Crippen molar-refractivity contribution in [3.8, 4) is 28.1 Å². The molecule has 0 saturated carbocycles. The lowest BCUT2D eigenvalue weighted by molar-refractivity contribution is -0.160. The summed E-state index contributed by atoms with van der Waals surface area (Å²) in [7, 11) is 0. The van der Waals surface area contributed by atoms with Crippen LogP contribution in [-0.2, 0) is 14.3 Å². The van der Waals surface area contributed by atoms with Gasteiger partial charge in [-0.15, -0.1) is 0 Å². The zero-order valence-electron chi connectivity index (χ0n) is 28.8. The van der Waals surface area contributed by atoms with Crippen LogP contribution in [0.3, 0.4) is 0 Å². The first kappa shape index (κ1) is 33.0. The number of aryl methyl sites for hydroxylation is 2. The number of hydrogen-bond acceptors (Lipinski definition) is 7. The van der Waals surface area contributed by atoms with Crippen molar-refractivity contribution in [3.05, 3.63) is 65.4 Å². The molecule has 2 atom stereocenters. The van der Waals surface area contributed by atoms with E-state index in [1.807, 2.05) is 44.3 Å². The number of carbonyl (C=O) groups is 1. The summed E-state index contributed by atoms with van der Waals surface area (Å²) >= 11 is 0. The summed E-state index contributed by atoms with van der Waals surface area (Å²) in [5.41, 5.74) is 5.80. The van der Waals surface area contributed by atoms with Gasteiger partial charge in [-0.25, -0.2) is 9.78 Å². The van der Waals surface area contributed by atoms with Crippen molar-refractivity contribution < 1.29 is 24.1 Å². The van der Waals surface area contributed by atoms with Gasteiger partial charge in [-0.3, -0.25) is 0 Å². The van der Waals surface area contributed by atoms with Crippen LogP contribution in [0.1, 0.15) is 89.6 Å². The van der Waals surface area contributed by atoms with E-state index < -0.39 is 17.7 Å². The number of benzene rings is 2. The first-order valence-electron chi connectivity index (χ1n) is 16.9. The number of anilines is 1. The number of carboxylic acid groups (broad SMARTS) is 1. The minimum absolute atomic E-state index is 0.0698. The molecule has 3 aliphatic heterocycles. The summed E-state index contributed by atoms with van der Waals surface area (Å²) in [4.78, 5) is 20.0. The average molecular weight is 641 g/mol. The Hall–Kier alpha value is -3.95. The topological polar surface area (TPSA) is 98.4 Å². The van der Waals surface area contributed by atoms with Crippen LogP contribution in [-0.4, -0.2) is 62.7 Å². The highest BCUT2D eigenvalue weighted by molar-refractivity contribution is 5.80. The van der Waals surface area contributed by atoms with Gasteiger partial charge < -0.3 is 24.2 Å². The number of aliphatic carboxylic acids is 1. The fourth-order valence-electron chi connectivity index (χ4n) is 6.86. The third-order valence-electron chi connectivity index (χ3n) is 9.35. The van der Waals surface area contributed by atoms with Crippen LogP contribution in [0.2, 0.25) is 0 Å². The lowest BCUT2D eigenvalue weighted by Crippen LogP contribution is -2.46. The summed E-state index contributed by atoms with van der Waals surface area (Å²) < 4.78 is 21.1. The van der Waals surface area contributed by atoms with Crippen molar-refractivity contribution in [2.45, 2.75) is 104 Å². The minimum atomic E-state index is -1.21. The summed E-state index contributed by atoms with van der Waals surface area (Å²) in [5.74, 6) is 0.532. The number of aromatic nitrogens is 3. The van der Waals surface area contributed by atoms with Crippen LogP contribution in [0.4, 0.5) is 5.82 Å². The number of carboxylic acids is 1. The van der Waals surface area contributed by atoms with Crippen molar-refractivity contribution in [3.63, 3.8) is 0 Å². The van der Waals surface area contributed by atoms with Gasteiger partial charge in [0.15, 0.2) is 11.8 Å². The fourth-order valence-corrected chi connectivity index (χ4v) is 6.86. The molecule has 250 valence electrons. The zero-order chi connectivity index (χ0) is 33.5. The number of piperidine rings is 1. The molecule has 1 N–H and O–H groups in total. The van der Waals surface area contributed by atoms with Gasteiger partial charge in [0.1, 0.15) is 11.6 Å². The third kappa shape index (κ3) is 7.02. The van der Waals surface area contributed by atoms with Gasteiger partial charge in [-0.2, -0.15) is 9.61 Å². The Morgan fingerprint density at radius 2 is 1.79 bits per heavy atom. The molecule has 3 aliphatic rings. The SMILES string of the molecule is Cc1cccc2c1-c1cccc(c1)-c1cc3nc(C)c([C@H](OC(C)(C)C)C(=O)O)c(n3n1)N1CCC(C)(CC1)OCCCC[C@@H](C)O2. The summed E-state index contributed by atoms with van der Waals surface area (Å²) in [6.07, 6.45) is 3.39. The van der Waals surface area contributed by atoms with Crippen LogP contribution in [0.25, 0.3) is 28.0 Å². The molecule has 47 heavy (non-hydrogen) atoms. The van der Waals surface area contributed by atoms with Gasteiger partial charge in [0.2, 0.25) is 0 Å². The molecule has 9 nitrogen and oxygen atoms in total. The third-order valence-corrected chi connectivity index (χ3v) is 9.35. The minimum Gasteiger partial charge on any atom is -0.490 e. The number of hydrogen-bond donors (Lipinski definition) is 1.